The first kappa shape index (κ1) is 17.1. The monoisotopic (exact) mass is 331 g/mol. The molecule has 2 rings (SSSR count). The zero-order chi connectivity index (χ0) is 17.5. The van der Waals surface area contributed by atoms with E-state index < -0.39 is 5.97 Å². The van der Waals surface area contributed by atoms with Gasteiger partial charge in [0.05, 0.1) is 7.11 Å². The molecular formula is C17H17NO6. The molecule has 0 atom stereocenters. The number of hydrogen-bond donors (Lipinski definition) is 2. The predicted octanol–water partition coefficient (Wildman–Crippen LogP) is 2.32. The van der Waals surface area contributed by atoms with E-state index >= 15 is 0 Å². The van der Waals surface area contributed by atoms with Gasteiger partial charge in [0.15, 0.2) is 11.5 Å². The summed E-state index contributed by atoms with van der Waals surface area (Å²) in [6, 6.07) is 8.09. The lowest BCUT2D eigenvalue weighted by Crippen LogP contribution is -2.13. The number of ether oxygens (including phenoxy) is 2. The van der Waals surface area contributed by atoms with Crippen LogP contribution >= 0.6 is 0 Å². The molecule has 126 valence electrons. The number of carbonyl (C=O) groups is 2. The van der Waals surface area contributed by atoms with Gasteiger partial charge in [0.25, 0.3) is 0 Å². The lowest BCUT2D eigenvalue weighted by molar-refractivity contribution is -0.115. The molecule has 1 aromatic carbocycles. The number of methoxy groups -OCH3 is 1. The normalized spacial score (nSPS) is 10.6. The Kier molecular flexibility index (Phi) is 5.62. The number of likely N-dealkylation sites (N-methyl/N-ethyl adjacent to an activating group) is 1. The quantitative estimate of drug-likeness (QED) is 0.756. The van der Waals surface area contributed by atoms with Crippen LogP contribution in [-0.4, -0.2) is 31.1 Å². The van der Waals surface area contributed by atoms with Crippen molar-refractivity contribution in [2.75, 3.05) is 14.2 Å². The fourth-order valence-corrected chi connectivity index (χ4v) is 1.88. The van der Waals surface area contributed by atoms with Crippen LogP contribution in [0.3, 0.4) is 0 Å². The number of aromatic carboxylic acids is 1. The van der Waals surface area contributed by atoms with E-state index in [1.807, 2.05) is 0 Å². The van der Waals surface area contributed by atoms with Crippen molar-refractivity contribution in [3.8, 4) is 11.5 Å². The molecule has 2 aromatic rings. The summed E-state index contributed by atoms with van der Waals surface area (Å²) in [5.41, 5.74) is 0.772. The standard InChI is InChI=1S/C17H17NO6/c1-18-16(19)8-4-11-3-6-13(15(9-11)22-2)23-10-12-5-7-14(24-12)17(20)21/h3-9H,10H2,1-2H3,(H,18,19)(H,20,21)/b8-4+. The Morgan fingerprint density at radius 3 is 2.67 bits per heavy atom. The topological polar surface area (TPSA) is 98.0 Å². The van der Waals surface area contributed by atoms with Crippen molar-refractivity contribution in [1.82, 2.24) is 5.32 Å². The van der Waals surface area contributed by atoms with Crippen LogP contribution in [-0.2, 0) is 11.4 Å². The Bertz CT molecular complexity index is 762. The highest BCUT2D eigenvalue weighted by molar-refractivity contribution is 5.91. The van der Waals surface area contributed by atoms with Gasteiger partial charge in [0.2, 0.25) is 11.7 Å². The highest BCUT2D eigenvalue weighted by atomic mass is 16.5. The minimum atomic E-state index is -1.13. The molecule has 0 spiro atoms. The minimum absolute atomic E-state index is 0.0665. The first-order chi connectivity index (χ1) is 11.5. The summed E-state index contributed by atoms with van der Waals surface area (Å²) >= 11 is 0. The van der Waals surface area contributed by atoms with E-state index in [1.165, 1.54) is 25.3 Å². The van der Waals surface area contributed by atoms with Crippen LogP contribution in [0.1, 0.15) is 21.9 Å². The van der Waals surface area contributed by atoms with E-state index in [4.69, 9.17) is 19.0 Å². The van der Waals surface area contributed by atoms with Gasteiger partial charge >= 0.3 is 5.97 Å². The third kappa shape index (κ3) is 4.39. The smallest absolute Gasteiger partial charge is 0.371 e. The van der Waals surface area contributed by atoms with Gasteiger partial charge in [-0.2, -0.15) is 0 Å². The zero-order valence-corrected chi connectivity index (χ0v) is 13.2. The third-order valence-corrected chi connectivity index (χ3v) is 3.10. The van der Waals surface area contributed by atoms with Crippen LogP contribution in [0.2, 0.25) is 0 Å². The van der Waals surface area contributed by atoms with E-state index in [1.54, 1.807) is 31.3 Å². The van der Waals surface area contributed by atoms with Crippen LogP contribution in [0.15, 0.2) is 40.8 Å². The number of amides is 1. The Balaban J connectivity index is 2.08. The Labute approximate surface area is 138 Å². The maximum absolute atomic E-state index is 11.2. The molecule has 7 nitrogen and oxygen atoms in total. The van der Waals surface area contributed by atoms with Crippen molar-refractivity contribution < 1.29 is 28.6 Å². The van der Waals surface area contributed by atoms with E-state index in [-0.39, 0.29) is 18.3 Å². The number of furan rings is 1. The molecule has 0 fully saturated rings. The van der Waals surface area contributed by atoms with Crippen molar-refractivity contribution in [3.63, 3.8) is 0 Å². The summed E-state index contributed by atoms with van der Waals surface area (Å²) in [6.07, 6.45) is 3.06. The van der Waals surface area contributed by atoms with Crippen LogP contribution in [0.5, 0.6) is 11.5 Å². The SMILES string of the molecule is CNC(=O)/C=C/c1ccc(OCc2ccc(C(=O)O)o2)c(OC)c1. The van der Waals surface area contributed by atoms with Crippen molar-refractivity contribution in [1.29, 1.82) is 0 Å². The minimum Gasteiger partial charge on any atom is -0.493 e. The first-order valence-corrected chi connectivity index (χ1v) is 7.06. The molecule has 7 heteroatoms. The second-order valence-electron chi connectivity index (χ2n) is 4.72. The molecule has 0 bridgehead atoms. The average molecular weight is 331 g/mol. The molecule has 0 aliphatic carbocycles. The molecule has 24 heavy (non-hydrogen) atoms. The van der Waals surface area contributed by atoms with Gasteiger partial charge in [-0.25, -0.2) is 4.79 Å². The predicted molar refractivity (Wildman–Crippen MR) is 86.1 cm³/mol. The Morgan fingerprint density at radius 2 is 2.04 bits per heavy atom. The van der Waals surface area contributed by atoms with Crippen LogP contribution in [0.4, 0.5) is 0 Å². The van der Waals surface area contributed by atoms with E-state index in [2.05, 4.69) is 5.32 Å². The van der Waals surface area contributed by atoms with E-state index in [0.717, 1.165) is 5.56 Å². The average Bonchev–Trinajstić information content (AvgIpc) is 3.07. The molecule has 0 radical (unpaired) electrons. The molecule has 0 unspecified atom stereocenters. The van der Waals surface area contributed by atoms with Gasteiger partial charge in [0, 0.05) is 13.1 Å². The van der Waals surface area contributed by atoms with E-state index in [9.17, 15) is 9.59 Å². The second kappa shape index (κ2) is 7.87. The number of benzene rings is 1. The van der Waals surface area contributed by atoms with Crippen molar-refractivity contribution in [2.24, 2.45) is 0 Å². The lowest BCUT2D eigenvalue weighted by Gasteiger charge is -2.10. The number of hydrogen-bond acceptors (Lipinski definition) is 5. The summed E-state index contributed by atoms with van der Waals surface area (Å²) in [5.74, 6) is -0.136. The molecule has 0 saturated carbocycles. The maximum Gasteiger partial charge on any atom is 0.371 e. The molecule has 1 heterocycles. The maximum atomic E-state index is 11.2. The summed E-state index contributed by atoms with van der Waals surface area (Å²) in [4.78, 5) is 22.0. The highest BCUT2D eigenvalue weighted by Crippen LogP contribution is 2.29. The second-order valence-corrected chi connectivity index (χ2v) is 4.72. The Morgan fingerprint density at radius 1 is 1.25 bits per heavy atom. The summed E-state index contributed by atoms with van der Waals surface area (Å²) < 4.78 is 16.0. The van der Waals surface area contributed by atoms with Crippen LogP contribution in [0.25, 0.3) is 6.08 Å². The number of carbonyl (C=O) groups excluding carboxylic acids is 1. The van der Waals surface area contributed by atoms with Crippen LogP contribution in [0, 0.1) is 0 Å². The van der Waals surface area contributed by atoms with Gasteiger partial charge in [-0.15, -0.1) is 0 Å². The number of nitrogens with one attached hydrogen (secondary N) is 1. The molecule has 1 amide bonds. The molecule has 1 aromatic heterocycles. The largest absolute Gasteiger partial charge is 0.493 e. The third-order valence-electron chi connectivity index (χ3n) is 3.10. The van der Waals surface area contributed by atoms with Gasteiger partial charge in [-0.05, 0) is 35.9 Å². The van der Waals surface area contributed by atoms with Gasteiger partial charge in [-0.3, -0.25) is 4.79 Å². The van der Waals surface area contributed by atoms with Crippen molar-refractivity contribution in [2.45, 2.75) is 6.61 Å². The highest BCUT2D eigenvalue weighted by Gasteiger charge is 2.11. The van der Waals surface area contributed by atoms with Gasteiger partial charge in [-0.1, -0.05) is 6.07 Å². The van der Waals surface area contributed by atoms with Gasteiger partial charge in [0.1, 0.15) is 12.4 Å². The number of carboxylic acid groups (broad SMARTS) is 1. The molecule has 0 saturated heterocycles. The van der Waals surface area contributed by atoms with Crippen molar-refractivity contribution in [3.05, 3.63) is 53.5 Å². The number of rotatable bonds is 7. The lowest BCUT2D eigenvalue weighted by atomic mass is 10.2. The van der Waals surface area contributed by atoms with E-state index in [0.29, 0.717) is 17.3 Å². The summed E-state index contributed by atoms with van der Waals surface area (Å²) in [5, 5.41) is 11.3. The molecule has 2 N–H and O–H groups in total. The Hall–Kier alpha value is -3.22. The van der Waals surface area contributed by atoms with Crippen molar-refractivity contribution >= 4 is 18.0 Å². The fourth-order valence-electron chi connectivity index (χ4n) is 1.88. The number of carboxylic acids is 1. The zero-order valence-electron chi connectivity index (χ0n) is 13.2. The first-order valence-electron chi connectivity index (χ1n) is 7.06. The van der Waals surface area contributed by atoms with Crippen LogP contribution < -0.4 is 14.8 Å². The fraction of sp³-hybridized carbons (Fsp3) is 0.176. The molecule has 0 aliphatic heterocycles. The summed E-state index contributed by atoms with van der Waals surface area (Å²) in [7, 11) is 3.05. The van der Waals surface area contributed by atoms with Gasteiger partial charge < -0.3 is 24.3 Å². The molecular weight excluding hydrogens is 314 g/mol. The molecule has 0 aliphatic rings. The summed E-state index contributed by atoms with van der Waals surface area (Å²) in [6.45, 7) is 0.0665.